The van der Waals surface area contributed by atoms with Crippen molar-refractivity contribution in [3.05, 3.63) is 34.9 Å². The maximum atomic E-state index is 13.1. The van der Waals surface area contributed by atoms with E-state index in [1.807, 2.05) is 32.0 Å². The molecule has 2 atom stereocenters. The molecule has 25 heavy (non-hydrogen) atoms. The van der Waals surface area contributed by atoms with E-state index in [1.54, 1.807) is 16.7 Å². The van der Waals surface area contributed by atoms with Gasteiger partial charge in [-0.15, -0.1) is 0 Å². The highest BCUT2D eigenvalue weighted by Crippen LogP contribution is 2.29. The van der Waals surface area contributed by atoms with E-state index in [2.05, 4.69) is 0 Å². The molecule has 2 amide bonds. The fourth-order valence-electron chi connectivity index (χ4n) is 3.84. The Kier molecular flexibility index (Phi) is 4.62. The van der Waals surface area contributed by atoms with Gasteiger partial charge in [-0.3, -0.25) is 9.59 Å². The number of hydrogen-bond acceptors (Lipinski definition) is 4. The predicted octanol–water partition coefficient (Wildman–Crippen LogP) is 1.16. The van der Waals surface area contributed by atoms with Crippen molar-refractivity contribution < 1.29 is 18.0 Å². The van der Waals surface area contributed by atoms with Gasteiger partial charge in [0.05, 0.1) is 23.6 Å². The average molecular weight is 364 g/mol. The van der Waals surface area contributed by atoms with Gasteiger partial charge in [-0.2, -0.15) is 0 Å². The van der Waals surface area contributed by atoms with E-state index in [-0.39, 0.29) is 23.3 Å². The number of sulfone groups is 1. The van der Waals surface area contributed by atoms with Crippen LogP contribution >= 0.6 is 0 Å². The Morgan fingerprint density at radius 3 is 2.32 bits per heavy atom. The van der Waals surface area contributed by atoms with Gasteiger partial charge in [-0.1, -0.05) is 24.6 Å². The molecule has 1 aromatic rings. The molecule has 0 spiro atoms. The third-order valence-electron chi connectivity index (χ3n) is 5.18. The highest BCUT2D eigenvalue weighted by Gasteiger charge is 2.49. The summed E-state index contributed by atoms with van der Waals surface area (Å²) in [7, 11) is -3.26. The number of carbonyl (C=O) groups is 2. The van der Waals surface area contributed by atoms with E-state index in [9.17, 15) is 18.0 Å². The van der Waals surface area contributed by atoms with E-state index in [4.69, 9.17) is 0 Å². The standard InChI is InChI=1S/C18H24N2O4S/c1-4-17(21)19-7-8-20(16-11-25(23,24)10-15(16)19)18(22)14-9-12(2)5-6-13(14)3/h5-6,9,15-16H,4,7-8,10-11H2,1-3H3/t15-,16+/m0/s1. The van der Waals surface area contributed by atoms with Crippen LogP contribution in [0.4, 0.5) is 0 Å². The summed E-state index contributed by atoms with van der Waals surface area (Å²) in [4.78, 5) is 28.6. The van der Waals surface area contributed by atoms with Gasteiger partial charge in [0, 0.05) is 25.1 Å². The van der Waals surface area contributed by atoms with E-state index in [1.165, 1.54) is 0 Å². The van der Waals surface area contributed by atoms with Crippen molar-refractivity contribution in [2.75, 3.05) is 24.6 Å². The molecule has 0 N–H and O–H groups in total. The minimum absolute atomic E-state index is 0.0501. The van der Waals surface area contributed by atoms with Gasteiger partial charge in [0.15, 0.2) is 9.84 Å². The van der Waals surface area contributed by atoms with Gasteiger partial charge in [0.1, 0.15) is 0 Å². The van der Waals surface area contributed by atoms with Crippen molar-refractivity contribution >= 4 is 21.7 Å². The van der Waals surface area contributed by atoms with Crippen LogP contribution in [0.1, 0.15) is 34.8 Å². The summed E-state index contributed by atoms with van der Waals surface area (Å²) in [6, 6.07) is 4.82. The lowest BCUT2D eigenvalue weighted by atomic mass is 10.00. The first kappa shape index (κ1) is 17.9. The Hall–Kier alpha value is -1.89. The molecule has 2 aliphatic rings. The first-order valence-corrected chi connectivity index (χ1v) is 10.4. The van der Waals surface area contributed by atoms with Gasteiger partial charge in [0.2, 0.25) is 5.91 Å². The van der Waals surface area contributed by atoms with Crippen LogP contribution < -0.4 is 0 Å². The molecular weight excluding hydrogens is 340 g/mol. The van der Waals surface area contributed by atoms with Gasteiger partial charge in [-0.05, 0) is 25.5 Å². The Bertz CT molecular complexity index is 818. The van der Waals surface area contributed by atoms with Crippen LogP contribution in [0.5, 0.6) is 0 Å². The van der Waals surface area contributed by atoms with Crippen LogP contribution in [0.25, 0.3) is 0 Å². The molecule has 7 heteroatoms. The van der Waals surface area contributed by atoms with Crippen LogP contribution in [0.3, 0.4) is 0 Å². The van der Waals surface area contributed by atoms with Gasteiger partial charge < -0.3 is 9.80 Å². The van der Waals surface area contributed by atoms with Crippen molar-refractivity contribution in [2.45, 2.75) is 39.3 Å². The summed E-state index contributed by atoms with van der Waals surface area (Å²) < 4.78 is 24.4. The van der Waals surface area contributed by atoms with Crippen LogP contribution in [-0.4, -0.2) is 66.7 Å². The van der Waals surface area contributed by atoms with E-state index in [0.29, 0.717) is 25.1 Å². The molecule has 6 nitrogen and oxygen atoms in total. The second-order valence-corrected chi connectivity index (χ2v) is 9.12. The molecule has 136 valence electrons. The predicted molar refractivity (Wildman–Crippen MR) is 95.2 cm³/mol. The highest BCUT2D eigenvalue weighted by molar-refractivity contribution is 7.91. The maximum Gasteiger partial charge on any atom is 0.254 e. The van der Waals surface area contributed by atoms with Gasteiger partial charge in [-0.25, -0.2) is 8.42 Å². The summed E-state index contributed by atoms with van der Waals surface area (Å²) >= 11 is 0. The molecular formula is C18H24N2O4S. The monoisotopic (exact) mass is 364 g/mol. The van der Waals surface area contributed by atoms with E-state index < -0.39 is 21.9 Å². The number of piperazine rings is 1. The van der Waals surface area contributed by atoms with Gasteiger partial charge >= 0.3 is 0 Å². The number of nitrogens with zero attached hydrogens (tertiary/aromatic N) is 2. The molecule has 0 bridgehead atoms. The molecule has 0 radical (unpaired) electrons. The molecule has 0 aliphatic carbocycles. The SMILES string of the molecule is CCC(=O)N1CCN(C(=O)c2cc(C)ccc2C)[C@@H]2CS(=O)(=O)C[C@@H]21. The number of benzene rings is 1. The van der Waals surface area contributed by atoms with Crippen molar-refractivity contribution in [3.8, 4) is 0 Å². The fourth-order valence-corrected chi connectivity index (χ4v) is 5.82. The summed E-state index contributed by atoms with van der Waals surface area (Å²) in [6.07, 6.45) is 0.341. The Morgan fingerprint density at radius 1 is 1.08 bits per heavy atom. The van der Waals surface area contributed by atoms with Crippen LogP contribution in [0, 0.1) is 13.8 Å². The summed E-state index contributed by atoms with van der Waals surface area (Å²) in [5, 5.41) is 0. The molecule has 0 unspecified atom stereocenters. The second kappa shape index (κ2) is 6.44. The Labute approximate surface area is 148 Å². The largest absolute Gasteiger partial charge is 0.335 e. The zero-order valence-electron chi connectivity index (χ0n) is 14.9. The molecule has 3 rings (SSSR count). The van der Waals surface area contributed by atoms with Gasteiger partial charge in [0.25, 0.3) is 5.91 Å². The molecule has 2 aliphatic heterocycles. The molecule has 2 saturated heterocycles. The van der Waals surface area contributed by atoms with E-state index >= 15 is 0 Å². The van der Waals surface area contributed by atoms with Crippen molar-refractivity contribution in [2.24, 2.45) is 0 Å². The van der Waals surface area contributed by atoms with Crippen LogP contribution in [0.2, 0.25) is 0 Å². The maximum absolute atomic E-state index is 13.1. The summed E-state index contributed by atoms with van der Waals surface area (Å²) in [5.74, 6) is -0.315. The highest BCUT2D eigenvalue weighted by atomic mass is 32.2. The molecule has 2 heterocycles. The Morgan fingerprint density at radius 2 is 1.68 bits per heavy atom. The number of rotatable bonds is 2. The number of fused-ring (bicyclic) bond motifs is 1. The first-order valence-electron chi connectivity index (χ1n) is 8.61. The molecule has 1 aromatic carbocycles. The zero-order valence-corrected chi connectivity index (χ0v) is 15.7. The number of amides is 2. The molecule has 0 aromatic heterocycles. The molecule has 2 fully saturated rings. The first-order chi connectivity index (χ1) is 11.7. The summed E-state index contributed by atoms with van der Waals surface area (Å²) in [6.45, 7) is 6.34. The lowest BCUT2D eigenvalue weighted by molar-refractivity contribution is -0.135. The Balaban J connectivity index is 1.94. The van der Waals surface area contributed by atoms with E-state index in [0.717, 1.165) is 11.1 Å². The summed E-state index contributed by atoms with van der Waals surface area (Å²) in [5.41, 5.74) is 2.47. The smallest absolute Gasteiger partial charge is 0.254 e. The minimum atomic E-state index is -3.26. The van der Waals surface area contributed by atoms with Crippen molar-refractivity contribution in [1.29, 1.82) is 0 Å². The average Bonchev–Trinajstić information content (AvgIpc) is 2.89. The fraction of sp³-hybridized carbons (Fsp3) is 0.556. The van der Waals surface area contributed by atoms with Crippen LogP contribution in [0.15, 0.2) is 18.2 Å². The number of hydrogen-bond donors (Lipinski definition) is 0. The van der Waals surface area contributed by atoms with Crippen molar-refractivity contribution in [3.63, 3.8) is 0 Å². The van der Waals surface area contributed by atoms with Crippen LogP contribution in [-0.2, 0) is 14.6 Å². The third kappa shape index (κ3) is 3.29. The quantitative estimate of drug-likeness (QED) is 0.789. The second-order valence-electron chi connectivity index (χ2n) is 6.97. The number of carbonyl (C=O) groups excluding carboxylic acids is 2. The third-order valence-corrected chi connectivity index (χ3v) is 6.88. The minimum Gasteiger partial charge on any atom is -0.335 e. The lowest BCUT2D eigenvalue weighted by Gasteiger charge is -2.44. The molecule has 0 saturated carbocycles. The zero-order chi connectivity index (χ0) is 18.4. The topological polar surface area (TPSA) is 74.8 Å². The normalized spacial score (nSPS) is 24.9. The van der Waals surface area contributed by atoms with Crippen molar-refractivity contribution in [1.82, 2.24) is 9.80 Å². The number of aryl methyl sites for hydroxylation is 2. The lowest BCUT2D eigenvalue weighted by Crippen LogP contribution is -2.61.